The Morgan fingerprint density at radius 3 is 2.90 bits per heavy atom. The van der Waals surface area contributed by atoms with Gasteiger partial charge in [0.25, 0.3) is 5.91 Å². The molecule has 1 unspecified atom stereocenters. The number of allylic oxidation sites excluding steroid dienone is 2. The molecular formula is C16H16ClNO2. The van der Waals surface area contributed by atoms with Gasteiger partial charge in [0.15, 0.2) is 5.78 Å². The highest BCUT2D eigenvalue weighted by atomic mass is 35.5. The van der Waals surface area contributed by atoms with Gasteiger partial charge in [-0.2, -0.15) is 0 Å². The minimum atomic E-state index is -0.0645. The molecule has 1 N–H and O–H groups in total. The predicted molar refractivity (Wildman–Crippen MR) is 79.1 cm³/mol. The Bertz CT molecular complexity index is 606. The molecular weight excluding hydrogens is 274 g/mol. The van der Waals surface area contributed by atoms with Gasteiger partial charge in [0, 0.05) is 17.7 Å². The van der Waals surface area contributed by atoms with Crippen LogP contribution < -0.4 is 5.32 Å². The molecule has 0 bridgehead atoms. The van der Waals surface area contributed by atoms with E-state index in [1.165, 1.54) is 0 Å². The lowest BCUT2D eigenvalue weighted by atomic mass is 9.85. The van der Waals surface area contributed by atoms with E-state index < -0.39 is 0 Å². The second kappa shape index (κ2) is 5.41. The summed E-state index contributed by atoms with van der Waals surface area (Å²) in [7, 11) is 0. The number of alkyl halides is 1. The van der Waals surface area contributed by atoms with E-state index in [-0.39, 0.29) is 17.6 Å². The molecule has 1 aliphatic carbocycles. The summed E-state index contributed by atoms with van der Waals surface area (Å²) in [5.74, 6) is 0.207. The smallest absolute Gasteiger partial charge is 0.251 e. The van der Waals surface area contributed by atoms with Crippen LogP contribution in [-0.2, 0) is 4.79 Å². The molecule has 0 spiro atoms. The van der Waals surface area contributed by atoms with E-state index in [0.29, 0.717) is 23.6 Å². The quantitative estimate of drug-likeness (QED) is 0.851. The van der Waals surface area contributed by atoms with E-state index >= 15 is 0 Å². The molecule has 20 heavy (non-hydrogen) atoms. The zero-order valence-corrected chi connectivity index (χ0v) is 11.9. The maximum Gasteiger partial charge on any atom is 0.251 e. The van der Waals surface area contributed by atoms with Crippen LogP contribution in [0.5, 0.6) is 0 Å². The maximum absolute atomic E-state index is 12.2. The summed E-state index contributed by atoms with van der Waals surface area (Å²) < 4.78 is 0. The number of Topliss-reactive ketones (excluding diaryl/α,β-unsaturated/α-hetero) is 1. The number of rotatable bonds is 2. The summed E-state index contributed by atoms with van der Waals surface area (Å²) in [4.78, 5) is 24.2. The Kier molecular flexibility index (Phi) is 3.62. The van der Waals surface area contributed by atoms with Crippen LogP contribution in [0.3, 0.4) is 0 Å². The summed E-state index contributed by atoms with van der Waals surface area (Å²) in [6.07, 6.45) is 4.72. The van der Waals surface area contributed by atoms with Crippen molar-refractivity contribution in [2.75, 3.05) is 12.4 Å². The van der Waals surface area contributed by atoms with Gasteiger partial charge >= 0.3 is 0 Å². The van der Waals surface area contributed by atoms with Crippen LogP contribution in [0, 0.1) is 0 Å². The first kappa shape index (κ1) is 13.4. The summed E-state index contributed by atoms with van der Waals surface area (Å²) in [5, 5.41) is 2.93. The highest BCUT2D eigenvalue weighted by Gasteiger charge is 2.29. The van der Waals surface area contributed by atoms with Crippen LogP contribution >= 0.6 is 11.6 Å². The van der Waals surface area contributed by atoms with Crippen molar-refractivity contribution in [2.24, 2.45) is 0 Å². The molecule has 1 heterocycles. The number of ketones is 1. The van der Waals surface area contributed by atoms with Gasteiger partial charge in [-0.15, -0.1) is 11.6 Å². The fourth-order valence-electron chi connectivity index (χ4n) is 3.20. The third-order valence-corrected chi connectivity index (χ3v) is 4.36. The number of carbonyl (C=O) groups is 2. The molecule has 1 amide bonds. The molecule has 3 nitrogen and oxygen atoms in total. The summed E-state index contributed by atoms with van der Waals surface area (Å²) in [6.45, 7) is 0.691. The lowest BCUT2D eigenvalue weighted by Gasteiger charge is -2.18. The number of amides is 1. The Hall–Kier alpha value is -1.61. The molecule has 1 aromatic rings. The van der Waals surface area contributed by atoms with Crippen molar-refractivity contribution in [3.05, 3.63) is 41.0 Å². The predicted octanol–water partition coefficient (Wildman–Crippen LogP) is 2.89. The Morgan fingerprint density at radius 2 is 2.10 bits per heavy atom. The van der Waals surface area contributed by atoms with Gasteiger partial charge in [-0.1, -0.05) is 18.2 Å². The maximum atomic E-state index is 12.2. The number of hydrogen-bond donors (Lipinski definition) is 1. The third-order valence-electron chi connectivity index (χ3n) is 4.11. The number of halogens is 1. The van der Waals surface area contributed by atoms with Crippen LogP contribution in [0.25, 0.3) is 5.57 Å². The first-order valence-electron chi connectivity index (χ1n) is 6.93. The van der Waals surface area contributed by atoms with Crippen LogP contribution in [-0.4, -0.2) is 24.1 Å². The van der Waals surface area contributed by atoms with Gasteiger partial charge in [-0.05, 0) is 42.4 Å². The van der Waals surface area contributed by atoms with Gasteiger partial charge in [0.05, 0.1) is 5.88 Å². The van der Waals surface area contributed by atoms with Crippen LogP contribution in [0.2, 0.25) is 0 Å². The number of benzene rings is 1. The first-order chi connectivity index (χ1) is 9.72. The molecule has 1 atom stereocenters. The Balaban J connectivity index is 2.21. The topological polar surface area (TPSA) is 46.2 Å². The number of carbonyl (C=O) groups excluding carboxylic acids is 2. The van der Waals surface area contributed by atoms with E-state index in [1.807, 2.05) is 24.3 Å². The van der Waals surface area contributed by atoms with Crippen LogP contribution in [0.15, 0.2) is 24.3 Å². The number of nitrogens with one attached hydrogen (secondary N) is 1. The van der Waals surface area contributed by atoms with Crippen molar-refractivity contribution >= 4 is 28.9 Å². The average Bonchev–Trinajstić information content (AvgIpc) is 2.75. The van der Waals surface area contributed by atoms with E-state index in [2.05, 4.69) is 5.32 Å². The van der Waals surface area contributed by atoms with E-state index in [1.54, 1.807) is 0 Å². The third kappa shape index (κ3) is 2.16. The van der Waals surface area contributed by atoms with Crippen molar-refractivity contribution < 1.29 is 9.59 Å². The highest BCUT2D eigenvalue weighted by molar-refractivity contribution is 6.38. The second-order valence-corrected chi connectivity index (χ2v) is 5.53. The summed E-state index contributed by atoms with van der Waals surface area (Å²) in [6, 6.07) is 5.63. The van der Waals surface area contributed by atoms with E-state index in [0.717, 1.165) is 30.4 Å². The van der Waals surface area contributed by atoms with Crippen molar-refractivity contribution in [3.8, 4) is 0 Å². The molecule has 1 aliphatic heterocycles. The second-order valence-electron chi connectivity index (χ2n) is 5.26. The fourth-order valence-corrected chi connectivity index (χ4v) is 3.34. The molecule has 4 heteroatoms. The molecule has 0 radical (unpaired) electrons. The van der Waals surface area contributed by atoms with Crippen molar-refractivity contribution in [1.82, 2.24) is 5.32 Å². The Labute approximate surface area is 123 Å². The lowest BCUT2D eigenvalue weighted by molar-refractivity contribution is -0.111. The standard InChI is InChI=1S/C16H16ClNO2/c17-9-14(19)11-4-1-3-10-7-8-18-16(20)13-6-2-5-12(11)15(10)13/h2,4-6,10H,1,3,7-9H2,(H,18,20). The molecule has 1 aromatic carbocycles. The van der Waals surface area contributed by atoms with Crippen molar-refractivity contribution in [2.45, 2.75) is 25.2 Å². The Morgan fingerprint density at radius 1 is 1.30 bits per heavy atom. The zero-order chi connectivity index (χ0) is 14.1. The molecule has 104 valence electrons. The van der Waals surface area contributed by atoms with Crippen molar-refractivity contribution in [1.29, 1.82) is 0 Å². The molecule has 0 saturated heterocycles. The van der Waals surface area contributed by atoms with Crippen LogP contribution in [0.1, 0.15) is 46.7 Å². The largest absolute Gasteiger partial charge is 0.352 e. The molecule has 0 fully saturated rings. The lowest BCUT2D eigenvalue weighted by Crippen LogP contribution is -2.22. The zero-order valence-electron chi connectivity index (χ0n) is 11.1. The van der Waals surface area contributed by atoms with Crippen LogP contribution in [0.4, 0.5) is 0 Å². The first-order valence-corrected chi connectivity index (χ1v) is 7.46. The minimum Gasteiger partial charge on any atom is -0.352 e. The van der Waals surface area contributed by atoms with Gasteiger partial charge < -0.3 is 5.32 Å². The minimum absolute atomic E-state index is 0.0215. The molecule has 3 rings (SSSR count). The molecule has 0 aromatic heterocycles. The van der Waals surface area contributed by atoms with E-state index in [4.69, 9.17) is 11.6 Å². The molecule has 0 saturated carbocycles. The van der Waals surface area contributed by atoms with E-state index in [9.17, 15) is 9.59 Å². The summed E-state index contributed by atoms with van der Waals surface area (Å²) in [5.41, 5.74) is 3.31. The van der Waals surface area contributed by atoms with Crippen molar-refractivity contribution in [3.63, 3.8) is 0 Å². The average molecular weight is 290 g/mol. The molecule has 2 aliphatic rings. The highest BCUT2D eigenvalue weighted by Crippen LogP contribution is 2.38. The normalized spacial score (nSPS) is 21.1. The number of hydrogen-bond acceptors (Lipinski definition) is 2. The fraction of sp³-hybridized carbons (Fsp3) is 0.375. The van der Waals surface area contributed by atoms with Gasteiger partial charge in [-0.3, -0.25) is 9.59 Å². The van der Waals surface area contributed by atoms with Gasteiger partial charge in [0.1, 0.15) is 0 Å². The summed E-state index contributed by atoms with van der Waals surface area (Å²) >= 11 is 5.72. The van der Waals surface area contributed by atoms with Gasteiger partial charge in [-0.25, -0.2) is 0 Å². The van der Waals surface area contributed by atoms with Gasteiger partial charge in [0.2, 0.25) is 0 Å². The monoisotopic (exact) mass is 289 g/mol. The SMILES string of the molecule is O=C(CCl)C1=CCCC2CCNC(=O)c3cccc1c32.